The number of hydrogen-bond acceptors (Lipinski definition) is 2. The van der Waals surface area contributed by atoms with Gasteiger partial charge in [0.15, 0.2) is 0 Å². The molecular weight excluding hydrogens is 304 g/mol. The van der Waals surface area contributed by atoms with Crippen molar-refractivity contribution in [3.8, 4) is 0 Å². The largest absolute Gasteiger partial charge is 0.355 e. The van der Waals surface area contributed by atoms with Gasteiger partial charge in [0.05, 0.1) is 0 Å². The van der Waals surface area contributed by atoms with Crippen molar-refractivity contribution in [2.24, 2.45) is 5.73 Å². The highest BCUT2D eigenvalue weighted by Gasteiger charge is 2.45. The lowest BCUT2D eigenvalue weighted by Gasteiger charge is -2.18. The van der Waals surface area contributed by atoms with Gasteiger partial charge in [-0.25, -0.2) is 0 Å². The number of nitrogens with two attached hydrogens (primary N) is 1. The van der Waals surface area contributed by atoms with Crippen LogP contribution in [0, 0.1) is 0 Å². The molecule has 0 heterocycles. The van der Waals surface area contributed by atoms with Crippen molar-refractivity contribution in [3.63, 3.8) is 0 Å². The SMILES string of the molecule is CC(N)CCC(=O)NCC1(c2ccccc2Br)CC1. The molecule has 1 aromatic rings. The van der Waals surface area contributed by atoms with Gasteiger partial charge < -0.3 is 11.1 Å². The second kappa shape index (κ2) is 6.06. The summed E-state index contributed by atoms with van der Waals surface area (Å²) in [5.41, 5.74) is 7.11. The van der Waals surface area contributed by atoms with E-state index in [-0.39, 0.29) is 17.4 Å². The van der Waals surface area contributed by atoms with E-state index in [1.165, 1.54) is 5.56 Å². The average molecular weight is 325 g/mol. The summed E-state index contributed by atoms with van der Waals surface area (Å²) >= 11 is 3.60. The fourth-order valence-electron chi connectivity index (χ4n) is 2.30. The van der Waals surface area contributed by atoms with Crippen LogP contribution >= 0.6 is 15.9 Å². The summed E-state index contributed by atoms with van der Waals surface area (Å²) in [6.07, 6.45) is 3.55. The quantitative estimate of drug-likeness (QED) is 0.845. The number of amides is 1. The van der Waals surface area contributed by atoms with Crippen LogP contribution < -0.4 is 11.1 Å². The minimum atomic E-state index is 0.0869. The maximum atomic E-state index is 11.8. The molecule has 2 rings (SSSR count). The van der Waals surface area contributed by atoms with Crippen molar-refractivity contribution in [1.82, 2.24) is 5.32 Å². The van der Waals surface area contributed by atoms with Crippen molar-refractivity contribution < 1.29 is 4.79 Å². The normalized spacial score (nSPS) is 17.8. The zero-order valence-corrected chi connectivity index (χ0v) is 12.9. The molecule has 0 aromatic heterocycles. The first-order chi connectivity index (χ1) is 9.03. The van der Waals surface area contributed by atoms with Gasteiger partial charge in [0, 0.05) is 28.9 Å². The van der Waals surface area contributed by atoms with Crippen LogP contribution in [-0.2, 0) is 10.2 Å². The number of rotatable bonds is 6. The number of carbonyl (C=O) groups excluding carboxylic acids is 1. The molecule has 1 aliphatic rings. The summed E-state index contributed by atoms with van der Waals surface area (Å²) in [7, 11) is 0. The minimum absolute atomic E-state index is 0.0869. The van der Waals surface area contributed by atoms with Crippen LogP contribution in [0.1, 0.15) is 38.2 Å². The first-order valence-corrected chi connectivity index (χ1v) is 7.60. The maximum absolute atomic E-state index is 11.8. The number of halogens is 1. The van der Waals surface area contributed by atoms with E-state index in [1.807, 2.05) is 13.0 Å². The highest BCUT2D eigenvalue weighted by molar-refractivity contribution is 9.10. The van der Waals surface area contributed by atoms with Crippen molar-refractivity contribution in [1.29, 1.82) is 0 Å². The number of nitrogens with one attached hydrogen (secondary N) is 1. The van der Waals surface area contributed by atoms with E-state index in [1.54, 1.807) is 0 Å². The predicted octanol–water partition coefficient (Wildman–Crippen LogP) is 2.72. The number of benzene rings is 1. The topological polar surface area (TPSA) is 55.1 Å². The lowest BCUT2D eigenvalue weighted by atomic mass is 9.96. The third-order valence-electron chi connectivity index (χ3n) is 3.75. The van der Waals surface area contributed by atoms with E-state index in [0.29, 0.717) is 6.42 Å². The summed E-state index contributed by atoms with van der Waals surface area (Å²) < 4.78 is 1.14. The number of carbonyl (C=O) groups is 1. The second-order valence-corrected chi connectivity index (χ2v) is 6.41. The minimum Gasteiger partial charge on any atom is -0.355 e. The fourth-order valence-corrected chi connectivity index (χ4v) is 3.00. The van der Waals surface area contributed by atoms with Gasteiger partial charge in [-0.2, -0.15) is 0 Å². The highest BCUT2D eigenvalue weighted by Crippen LogP contribution is 2.49. The Morgan fingerprint density at radius 1 is 1.47 bits per heavy atom. The van der Waals surface area contributed by atoms with Gasteiger partial charge >= 0.3 is 0 Å². The molecule has 104 valence electrons. The molecule has 1 amide bonds. The van der Waals surface area contributed by atoms with Gasteiger partial charge in [-0.1, -0.05) is 34.1 Å². The Bertz CT molecular complexity index is 455. The van der Waals surface area contributed by atoms with Crippen molar-refractivity contribution in [2.75, 3.05) is 6.54 Å². The summed E-state index contributed by atoms with van der Waals surface area (Å²) in [6, 6.07) is 8.37. The Morgan fingerprint density at radius 3 is 2.74 bits per heavy atom. The summed E-state index contributed by atoms with van der Waals surface area (Å²) in [4.78, 5) is 11.8. The van der Waals surface area contributed by atoms with Crippen LogP contribution in [0.2, 0.25) is 0 Å². The fraction of sp³-hybridized carbons (Fsp3) is 0.533. The van der Waals surface area contributed by atoms with Crippen LogP contribution in [0.15, 0.2) is 28.7 Å². The zero-order chi connectivity index (χ0) is 13.9. The average Bonchev–Trinajstić information content (AvgIpc) is 3.15. The second-order valence-electron chi connectivity index (χ2n) is 5.55. The van der Waals surface area contributed by atoms with Crippen molar-refractivity contribution in [2.45, 2.75) is 44.1 Å². The van der Waals surface area contributed by atoms with Crippen molar-refractivity contribution >= 4 is 21.8 Å². The predicted molar refractivity (Wildman–Crippen MR) is 80.9 cm³/mol. The Labute approximate surface area is 123 Å². The molecule has 0 radical (unpaired) electrons. The van der Waals surface area contributed by atoms with Crippen molar-refractivity contribution in [3.05, 3.63) is 34.3 Å². The standard InChI is InChI=1S/C15H21BrN2O/c1-11(17)6-7-14(19)18-10-15(8-9-15)12-4-2-3-5-13(12)16/h2-5,11H,6-10,17H2,1H3,(H,18,19). The monoisotopic (exact) mass is 324 g/mol. The first-order valence-electron chi connectivity index (χ1n) is 6.81. The van der Waals surface area contributed by atoms with Gasteiger partial charge in [-0.3, -0.25) is 4.79 Å². The molecule has 1 fully saturated rings. The zero-order valence-electron chi connectivity index (χ0n) is 11.3. The third kappa shape index (κ3) is 3.80. The molecule has 3 nitrogen and oxygen atoms in total. The van der Waals surface area contributed by atoms with E-state index in [0.717, 1.165) is 30.3 Å². The van der Waals surface area contributed by atoms with E-state index >= 15 is 0 Å². The van der Waals surface area contributed by atoms with E-state index in [2.05, 4.69) is 39.4 Å². The summed E-state index contributed by atoms with van der Waals surface area (Å²) in [5.74, 6) is 0.107. The molecule has 1 saturated carbocycles. The molecule has 0 aliphatic heterocycles. The first kappa shape index (κ1) is 14.5. The smallest absolute Gasteiger partial charge is 0.220 e. The molecule has 0 spiro atoms. The maximum Gasteiger partial charge on any atom is 0.220 e. The molecule has 4 heteroatoms. The van der Waals surface area contributed by atoms with E-state index < -0.39 is 0 Å². The lowest BCUT2D eigenvalue weighted by Crippen LogP contribution is -2.33. The van der Waals surface area contributed by atoms with Crippen LogP contribution in [0.5, 0.6) is 0 Å². The van der Waals surface area contributed by atoms with Gasteiger partial charge in [0.25, 0.3) is 0 Å². The van der Waals surface area contributed by atoms with Crippen LogP contribution in [0.3, 0.4) is 0 Å². The Balaban J connectivity index is 1.89. The highest BCUT2D eigenvalue weighted by atomic mass is 79.9. The molecule has 1 aliphatic carbocycles. The molecule has 0 bridgehead atoms. The van der Waals surface area contributed by atoms with E-state index in [9.17, 15) is 4.79 Å². The van der Waals surface area contributed by atoms with E-state index in [4.69, 9.17) is 5.73 Å². The molecule has 1 unspecified atom stereocenters. The number of hydrogen-bond donors (Lipinski definition) is 2. The Kier molecular flexibility index (Phi) is 4.63. The van der Waals surface area contributed by atoms with Crippen LogP contribution in [0.25, 0.3) is 0 Å². The molecule has 0 saturated heterocycles. The van der Waals surface area contributed by atoms with Gasteiger partial charge in [-0.05, 0) is 37.8 Å². The third-order valence-corrected chi connectivity index (χ3v) is 4.44. The summed E-state index contributed by atoms with van der Waals surface area (Å²) in [6.45, 7) is 2.66. The summed E-state index contributed by atoms with van der Waals surface area (Å²) in [5, 5.41) is 3.05. The molecule has 1 atom stereocenters. The van der Waals surface area contributed by atoms with Gasteiger partial charge in [0.1, 0.15) is 0 Å². The molecule has 19 heavy (non-hydrogen) atoms. The Hall–Kier alpha value is -0.870. The van der Waals surface area contributed by atoms with Gasteiger partial charge in [-0.15, -0.1) is 0 Å². The molecule has 3 N–H and O–H groups in total. The molecular formula is C15H21BrN2O. The van der Waals surface area contributed by atoms with Crippen LogP contribution in [-0.4, -0.2) is 18.5 Å². The van der Waals surface area contributed by atoms with Crippen LogP contribution in [0.4, 0.5) is 0 Å². The Morgan fingerprint density at radius 2 is 2.16 bits per heavy atom. The lowest BCUT2D eigenvalue weighted by molar-refractivity contribution is -0.121. The molecule has 1 aromatic carbocycles. The van der Waals surface area contributed by atoms with Gasteiger partial charge in [0.2, 0.25) is 5.91 Å².